The van der Waals surface area contributed by atoms with Crippen molar-refractivity contribution in [2.24, 2.45) is 0 Å². The largest absolute Gasteiger partial charge is 0.336 e. The highest BCUT2D eigenvalue weighted by Gasteiger charge is 2.22. The summed E-state index contributed by atoms with van der Waals surface area (Å²) in [5.74, 6) is -0.217. The van der Waals surface area contributed by atoms with E-state index in [1.807, 2.05) is 17.0 Å². The number of fused-ring (bicyclic) bond motifs is 1. The summed E-state index contributed by atoms with van der Waals surface area (Å²) in [7, 11) is 0. The third kappa shape index (κ3) is 3.68. The zero-order chi connectivity index (χ0) is 18.8. The fourth-order valence-electron chi connectivity index (χ4n) is 3.43. The van der Waals surface area contributed by atoms with Crippen LogP contribution in [-0.4, -0.2) is 63.4 Å². The van der Waals surface area contributed by atoms with Gasteiger partial charge in [-0.15, -0.1) is 5.10 Å². The lowest BCUT2D eigenvalue weighted by molar-refractivity contribution is 0.0643. The zero-order valence-electron chi connectivity index (χ0n) is 15.3. The van der Waals surface area contributed by atoms with Gasteiger partial charge in [-0.25, -0.2) is 9.07 Å². The van der Waals surface area contributed by atoms with Gasteiger partial charge in [0.2, 0.25) is 0 Å². The molecule has 0 saturated carbocycles. The summed E-state index contributed by atoms with van der Waals surface area (Å²) in [4.78, 5) is 17.0. The second-order valence-electron chi connectivity index (χ2n) is 6.80. The Kier molecular flexibility index (Phi) is 4.85. The van der Waals surface area contributed by atoms with Gasteiger partial charge in [0.05, 0.1) is 12.1 Å². The van der Waals surface area contributed by atoms with Crippen LogP contribution in [-0.2, 0) is 6.54 Å². The van der Waals surface area contributed by atoms with E-state index in [1.54, 1.807) is 22.9 Å². The van der Waals surface area contributed by atoms with Crippen molar-refractivity contribution in [3.8, 4) is 0 Å². The summed E-state index contributed by atoms with van der Waals surface area (Å²) < 4.78 is 14.8. The molecule has 0 spiro atoms. The molecule has 1 aliphatic rings. The van der Waals surface area contributed by atoms with E-state index >= 15 is 0 Å². The van der Waals surface area contributed by atoms with Gasteiger partial charge in [0.25, 0.3) is 5.91 Å². The van der Waals surface area contributed by atoms with Gasteiger partial charge in [0, 0.05) is 31.7 Å². The number of hydrogen-bond acceptors (Lipinski definition) is 4. The van der Waals surface area contributed by atoms with E-state index in [4.69, 9.17) is 0 Å². The van der Waals surface area contributed by atoms with Crippen LogP contribution in [0.2, 0.25) is 0 Å². The molecule has 140 valence electrons. The fraction of sp³-hybridized carbons (Fsp3) is 0.350. The number of nitrogens with zero attached hydrogens (tertiary/aromatic N) is 5. The second-order valence-corrected chi connectivity index (χ2v) is 6.80. The molecular formula is C20H22FN5O. The van der Waals surface area contributed by atoms with Crippen LogP contribution in [0.3, 0.4) is 0 Å². The first-order valence-electron chi connectivity index (χ1n) is 9.23. The van der Waals surface area contributed by atoms with Crippen molar-refractivity contribution in [3.63, 3.8) is 0 Å². The van der Waals surface area contributed by atoms with Crippen molar-refractivity contribution in [2.75, 3.05) is 32.7 Å². The second kappa shape index (κ2) is 7.44. The lowest BCUT2D eigenvalue weighted by atomic mass is 10.1. The number of rotatable bonds is 4. The van der Waals surface area contributed by atoms with Crippen LogP contribution < -0.4 is 0 Å². The van der Waals surface area contributed by atoms with Crippen LogP contribution in [0.1, 0.15) is 22.8 Å². The summed E-state index contributed by atoms with van der Waals surface area (Å²) in [5.41, 5.74) is 3.13. The fourth-order valence-corrected chi connectivity index (χ4v) is 3.43. The molecule has 3 aromatic rings. The minimum Gasteiger partial charge on any atom is -0.336 e. The van der Waals surface area contributed by atoms with Crippen LogP contribution in [0.4, 0.5) is 4.39 Å². The number of aromatic nitrogens is 3. The SMILES string of the molecule is CCN1CCN(C(=O)c2ccc3c(c2)nnn3Cc2ccc(F)cc2)CC1. The molecular weight excluding hydrogens is 345 g/mol. The monoisotopic (exact) mass is 367 g/mol. The average Bonchev–Trinajstić information content (AvgIpc) is 3.11. The third-order valence-electron chi connectivity index (χ3n) is 5.11. The van der Waals surface area contributed by atoms with Crippen LogP contribution >= 0.6 is 0 Å². The Morgan fingerprint density at radius 3 is 2.52 bits per heavy atom. The van der Waals surface area contributed by atoms with Gasteiger partial charge in [0.1, 0.15) is 11.3 Å². The topological polar surface area (TPSA) is 54.3 Å². The van der Waals surface area contributed by atoms with Gasteiger partial charge < -0.3 is 9.80 Å². The van der Waals surface area contributed by atoms with E-state index in [9.17, 15) is 9.18 Å². The number of piperazine rings is 1. The minimum absolute atomic E-state index is 0.0423. The molecule has 1 aromatic heterocycles. The van der Waals surface area contributed by atoms with Crippen molar-refractivity contribution in [3.05, 3.63) is 59.4 Å². The Morgan fingerprint density at radius 1 is 1.07 bits per heavy atom. The minimum atomic E-state index is -0.259. The Balaban J connectivity index is 1.51. The summed E-state index contributed by atoms with van der Waals surface area (Å²) in [6.07, 6.45) is 0. The Morgan fingerprint density at radius 2 is 1.81 bits per heavy atom. The van der Waals surface area contributed by atoms with Gasteiger partial charge in [-0.05, 0) is 42.4 Å². The first kappa shape index (κ1) is 17.6. The molecule has 1 saturated heterocycles. The number of amides is 1. The van der Waals surface area contributed by atoms with Crippen molar-refractivity contribution in [2.45, 2.75) is 13.5 Å². The van der Waals surface area contributed by atoms with E-state index in [0.717, 1.165) is 43.8 Å². The molecule has 1 fully saturated rings. The molecule has 4 rings (SSSR count). The predicted molar refractivity (Wildman–Crippen MR) is 101 cm³/mol. The number of benzene rings is 2. The zero-order valence-corrected chi connectivity index (χ0v) is 15.3. The van der Waals surface area contributed by atoms with E-state index in [-0.39, 0.29) is 11.7 Å². The molecule has 6 nitrogen and oxygen atoms in total. The standard InChI is InChI=1S/C20H22FN5O/c1-2-24-9-11-25(12-10-24)20(27)16-5-8-19-18(13-16)22-23-26(19)14-15-3-6-17(21)7-4-15/h3-8,13H,2,9-12,14H2,1H3. The van der Waals surface area contributed by atoms with Crippen LogP contribution in [0.15, 0.2) is 42.5 Å². The van der Waals surface area contributed by atoms with E-state index in [0.29, 0.717) is 17.6 Å². The lowest BCUT2D eigenvalue weighted by Crippen LogP contribution is -2.48. The predicted octanol–water partition coefficient (Wildman–Crippen LogP) is 2.40. The number of carbonyl (C=O) groups excluding carboxylic acids is 1. The molecule has 1 aliphatic heterocycles. The van der Waals surface area contributed by atoms with Crippen LogP contribution in [0.5, 0.6) is 0 Å². The third-order valence-corrected chi connectivity index (χ3v) is 5.11. The smallest absolute Gasteiger partial charge is 0.254 e. The molecule has 0 aliphatic carbocycles. The summed E-state index contributed by atoms with van der Waals surface area (Å²) in [6.45, 7) is 7.00. The molecule has 1 amide bonds. The summed E-state index contributed by atoms with van der Waals surface area (Å²) >= 11 is 0. The molecule has 0 atom stereocenters. The summed E-state index contributed by atoms with van der Waals surface area (Å²) in [5, 5.41) is 8.39. The van der Waals surface area contributed by atoms with Crippen LogP contribution in [0, 0.1) is 5.82 Å². The Hall–Kier alpha value is -2.80. The van der Waals surface area contributed by atoms with Crippen molar-refractivity contribution >= 4 is 16.9 Å². The van der Waals surface area contributed by atoms with E-state index < -0.39 is 0 Å². The van der Waals surface area contributed by atoms with Gasteiger partial charge in [-0.3, -0.25) is 4.79 Å². The van der Waals surface area contributed by atoms with E-state index in [2.05, 4.69) is 22.1 Å². The maximum Gasteiger partial charge on any atom is 0.254 e. The normalized spacial score (nSPS) is 15.4. The van der Waals surface area contributed by atoms with Gasteiger partial charge in [0.15, 0.2) is 0 Å². The van der Waals surface area contributed by atoms with Crippen molar-refractivity contribution in [1.29, 1.82) is 0 Å². The van der Waals surface area contributed by atoms with Gasteiger partial charge in [-0.1, -0.05) is 24.3 Å². The molecule has 2 aromatic carbocycles. The molecule has 7 heteroatoms. The molecule has 0 unspecified atom stereocenters. The number of halogens is 1. The highest BCUT2D eigenvalue weighted by molar-refractivity contribution is 5.97. The summed E-state index contributed by atoms with van der Waals surface area (Å²) in [6, 6.07) is 11.9. The maximum atomic E-state index is 13.1. The first-order valence-corrected chi connectivity index (χ1v) is 9.23. The van der Waals surface area contributed by atoms with E-state index in [1.165, 1.54) is 12.1 Å². The number of likely N-dealkylation sites (N-methyl/N-ethyl adjacent to an activating group) is 1. The molecule has 0 bridgehead atoms. The highest BCUT2D eigenvalue weighted by atomic mass is 19.1. The maximum absolute atomic E-state index is 13.1. The average molecular weight is 367 g/mol. The van der Waals surface area contributed by atoms with Crippen molar-refractivity contribution < 1.29 is 9.18 Å². The van der Waals surface area contributed by atoms with Crippen LogP contribution in [0.25, 0.3) is 11.0 Å². The lowest BCUT2D eigenvalue weighted by Gasteiger charge is -2.34. The van der Waals surface area contributed by atoms with Crippen molar-refractivity contribution in [1.82, 2.24) is 24.8 Å². The molecule has 0 N–H and O–H groups in total. The quantitative estimate of drug-likeness (QED) is 0.711. The number of hydrogen-bond donors (Lipinski definition) is 0. The molecule has 27 heavy (non-hydrogen) atoms. The Labute approximate surface area is 157 Å². The number of carbonyl (C=O) groups is 1. The first-order chi connectivity index (χ1) is 13.1. The molecule has 2 heterocycles. The van der Waals surface area contributed by atoms with Gasteiger partial charge >= 0.3 is 0 Å². The Bertz CT molecular complexity index is 945. The molecule has 0 radical (unpaired) electrons. The highest BCUT2D eigenvalue weighted by Crippen LogP contribution is 2.17. The van der Waals surface area contributed by atoms with Gasteiger partial charge in [-0.2, -0.15) is 0 Å².